The van der Waals surface area contributed by atoms with Crippen molar-refractivity contribution in [3.63, 3.8) is 0 Å². The van der Waals surface area contributed by atoms with E-state index in [4.69, 9.17) is 23.4 Å². The molecule has 5 atom stereocenters. The minimum atomic E-state index is -1.74. The molecule has 0 radical (unpaired) electrons. The van der Waals surface area contributed by atoms with Crippen LogP contribution in [-0.4, -0.2) is 75.9 Å². The van der Waals surface area contributed by atoms with E-state index in [0.717, 1.165) is 12.1 Å². The van der Waals surface area contributed by atoms with Crippen molar-refractivity contribution in [3.8, 4) is 34.3 Å². The molecule has 0 spiro atoms. The van der Waals surface area contributed by atoms with Gasteiger partial charge < -0.3 is 48.9 Å². The van der Waals surface area contributed by atoms with Gasteiger partial charge in [-0.2, -0.15) is 0 Å². The number of esters is 1. The first-order chi connectivity index (χ1) is 19.1. The third-order valence-electron chi connectivity index (χ3n) is 6.14. The van der Waals surface area contributed by atoms with Gasteiger partial charge in [0.25, 0.3) is 0 Å². The fourth-order valence-corrected chi connectivity index (χ4v) is 4.17. The summed E-state index contributed by atoms with van der Waals surface area (Å²) >= 11 is 0. The summed E-state index contributed by atoms with van der Waals surface area (Å²) in [6, 6.07) is 11.1. The van der Waals surface area contributed by atoms with E-state index in [2.05, 4.69) is 0 Å². The van der Waals surface area contributed by atoms with Gasteiger partial charge >= 0.3 is 11.6 Å². The molecule has 1 aromatic heterocycles. The number of aryl methyl sites for hydroxylation is 1. The number of phenols is 2. The van der Waals surface area contributed by atoms with Crippen LogP contribution in [0.5, 0.6) is 23.0 Å². The van der Waals surface area contributed by atoms with Gasteiger partial charge in [-0.15, -0.1) is 0 Å². The van der Waals surface area contributed by atoms with Crippen LogP contribution < -0.4 is 15.1 Å². The lowest BCUT2D eigenvalue weighted by Crippen LogP contribution is -2.61. The Kier molecular flexibility index (Phi) is 8.75. The van der Waals surface area contributed by atoms with Gasteiger partial charge in [0.2, 0.25) is 6.29 Å². The van der Waals surface area contributed by atoms with Crippen LogP contribution in [0.1, 0.15) is 11.1 Å². The summed E-state index contributed by atoms with van der Waals surface area (Å²) in [5.74, 6) is -0.955. The summed E-state index contributed by atoms with van der Waals surface area (Å²) in [6.07, 6.45) is -5.39. The number of aliphatic hydroxyl groups is 3. The molecule has 1 aliphatic heterocycles. The molecule has 0 aliphatic carbocycles. The average Bonchev–Trinajstić information content (AvgIpc) is 2.91. The van der Waals surface area contributed by atoms with E-state index in [1.807, 2.05) is 0 Å². The summed E-state index contributed by atoms with van der Waals surface area (Å²) in [4.78, 5) is 24.8. The predicted molar refractivity (Wildman–Crippen MR) is 139 cm³/mol. The van der Waals surface area contributed by atoms with Crippen molar-refractivity contribution in [2.45, 2.75) is 37.6 Å². The number of ether oxygens (including phenoxy) is 4. The fourth-order valence-electron chi connectivity index (χ4n) is 4.17. The highest BCUT2D eigenvalue weighted by molar-refractivity contribution is 5.87. The van der Waals surface area contributed by atoms with Crippen molar-refractivity contribution >= 4 is 12.0 Å². The maximum absolute atomic E-state index is 12.6. The Morgan fingerprint density at radius 1 is 1.02 bits per heavy atom. The zero-order chi connectivity index (χ0) is 29.0. The van der Waals surface area contributed by atoms with Gasteiger partial charge in [0.15, 0.2) is 6.10 Å². The molecule has 0 amide bonds. The second-order valence-electron chi connectivity index (χ2n) is 8.97. The topological polar surface area (TPSA) is 185 Å². The second-order valence-corrected chi connectivity index (χ2v) is 8.97. The van der Waals surface area contributed by atoms with E-state index < -0.39 is 48.9 Å². The number of methoxy groups -OCH3 is 1. The van der Waals surface area contributed by atoms with Gasteiger partial charge in [0.05, 0.1) is 25.3 Å². The van der Waals surface area contributed by atoms with E-state index in [1.54, 1.807) is 19.1 Å². The molecule has 0 bridgehead atoms. The predicted octanol–water partition coefficient (Wildman–Crippen LogP) is 1.48. The first kappa shape index (κ1) is 28.6. The van der Waals surface area contributed by atoms with Gasteiger partial charge in [0.1, 0.15) is 47.1 Å². The molecule has 5 N–H and O–H groups in total. The van der Waals surface area contributed by atoms with Gasteiger partial charge in [-0.3, -0.25) is 0 Å². The van der Waals surface area contributed by atoms with Crippen LogP contribution in [0, 0.1) is 6.92 Å². The monoisotopic (exact) mass is 556 g/mol. The van der Waals surface area contributed by atoms with Crippen molar-refractivity contribution in [2.24, 2.45) is 0 Å². The SMILES string of the molecule is COc1cc(-c2c(C)cc(O)cc2O[C@@H]2O[C@H](CO)[C@@H](O)[C@H](O)[C@H]2OC(=O)/C=C/c2ccc(O)cc2)oc(=O)c1. The van der Waals surface area contributed by atoms with Crippen LogP contribution in [0.4, 0.5) is 0 Å². The molecule has 3 aromatic rings. The van der Waals surface area contributed by atoms with E-state index in [0.29, 0.717) is 11.1 Å². The number of hydrogen-bond donors (Lipinski definition) is 5. The zero-order valence-electron chi connectivity index (χ0n) is 21.5. The number of hydrogen-bond acceptors (Lipinski definition) is 12. The summed E-state index contributed by atoms with van der Waals surface area (Å²) in [6.45, 7) is 0.917. The normalized spacial score (nSPS) is 22.7. The summed E-state index contributed by atoms with van der Waals surface area (Å²) in [5.41, 5.74) is 0.499. The Bertz CT molecular complexity index is 1430. The number of aliphatic hydroxyl groups excluding tert-OH is 3. The average molecular weight is 557 g/mol. The molecule has 0 saturated carbocycles. The quantitative estimate of drug-likeness (QED) is 0.199. The molecular weight excluding hydrogens is 528 g/mol. The number of benzene rings is 2. The maximum atomic E-state index is 12.6. The third kappa shape index (κ3) is 6.43. The highest BCUT2D eigenvalue weighted by atomic mass is 16.7. The lowest BCUT2D eigenvalue weighted by atomic mass is 9.98. The first-order valence-corrected chi connectivity index (χ1v) is 12.1. The zero-order valence-corrected chi connectivity index (χ0v) is 21.5. The molecular formula is C28H28O12. The van der Waals surface area contributed by atoms with Gasteiger partial charge in [0, 0.05) is 18.2 Å². The Morgan fingerprint density at radius 2 is 1.75 bits per heavy atom. The van der Waals surface area contributed by atoms with Gasteiger partial charge in [-0.05, 0) is 42.3 Å². The van der Waals surface area contributed by atoms with Crippen molar-refractivity contribution in [2.75, 3.05) is 13.7 Å². The van der Waals surface area contributed by atoms with Crippen LogP contribution in [0.25, 0.3) is 17.4 Å². The molecule has 2 aromatic carbocycles. The molecule has 4 rings (SSSR count). The number of carbonyl (C=O) groups is 1. The molecule has 2 heterocycles. The number of phenolic OH excluding ortho intramolecular Hbond substituents is 2. The lowest BCUT2D eigenvalue weighted by molar-refractivity contribution is -0.281. The smallest absolute Gasteiger partial charge is 0.339 e. The largest absolute Gasteiger partial charge is 0.508 e. The van der Waals surface area contributed by atoms with Crippen LogP contribution in [0.2, 0.25) is 0 Å². The molecule has 12 heteroatoms. The molecule has 1 fully saturated rings. The molecule has 212 valence electrons. The second kappa shape index (κ2) is 12.2. The third-order valence-corrected chi connectivity index (χ3v) is 6.14. The molecule has 1 aliphatic rings. The molecule has 12 nitrogen and oxygen atoms in total. The lowest BCUT2D eigenvalue weighted by Gasteiger charge is -2.41. The van der Waals surface area contributed by atoms with E-state index >= 15 is 0 Å². The number of aromatic hydroxyl groups is 2. The number of rotatable bonds is 8. The first-order valence-electron chi connectivity index (χ1n) is 12.1. The van der Waals surface area contributed by atoms with E-state index in [9.17, 15) is 35.1 Å². The molecule has 40 heavy (non-hydrogen) atoms. The number of carbonyl (C=O) groups excluding carboxylic acids is 1. The Hall–Kier alpha value is -4.36. The minimum absolute atomic E-state index is 0.0253. The highest BCUT2D eigenvalue weighted by Gasteiger charge is 2.48. The van der Waals surface area contributed by atoms with Crippen molar-refractivity contribution < 1.29 is 53.7 Å². The fraction of sp³-hybridized carbons (Fsp3) is 0.286. The summed E-state index contributed by atoms with van der Waals surface area (Å²) in [5, 5.41) is 50.6. The summed E-state index contributed by atoms with van der Waals surface area (Å²) in [7, 11) is 1.37. The van der Waals surface area contributed by atoms with Crippen LogP contribution in [0.3, 0.4) is 0 Å². The van der Waals surface area contributed by atoms with Crippen molar-refractivity contribution in [1.82, 2.24) is 0 Å². The van der Waals surface area contributed by atoms with E-state index in [-0.39, 0.29) is 34.3 Å². The van der Waals surface area contributed by atoms with Gasteiger partial charge in [-0.1, -0.05) is 12.1 Å². The highest BCUT2D eigenvalue weighted by Crippen LogP contribution is 2.39. The standard InChI is InChI=1S/C28H28O12/c1-14-9-17(31)10-19(24(14)20-11-18(36-2)12-23(33)37-20)38-28-27(26(35)25(34)21(13-29)39-28)40-22(32)8-5-15-3-6-16(30)7-4-15/h3-12,21,25-31,34-35H,13H2,1-2H3/b8-5+/t21-,25-,26+,27-,28-/m1/s1. The Labute approximate surface area is 227 Å². The minimum Gasteiger partial charge on any atom is -0.508 e. The van der Waals surface area contributed by atoms with Gasteiger partial charge in [-0.25, -0.2) is 9.59 Å². The Morgan fingerprint density at radius 3 is 2.42 bits per heavy atom. The Balaban J connectivity index is 1.67. The van der Waals surface area contributed by atoms with Crippen LogP contribution in [0.15, 0.2) is 63.8 Å². The molecule has 1 saturated heterocycles. The van der Waals surface area contributed by atoms with Crippen LogP contribution >= 0.6 is 0 Å². The molecule has 0 unspecified atom stereocenters. The maximum Gasteiger partial charge on any atom is 0.339 e. The van der Waals surface area contributed by atoms with E-state index in [1.165, 1.54) is 43.5 Å². The van der Waals surface area contributed by atoms with Crippen molar-refractivity contribution in [3.05, 3.63) is 76.2 Å². The van der Waals surface area contributed by atoms with Crippen molar-refractivity contribution in [1.29, 1.82) is 0 Å². The van der Waals surface area contributed by atoms with Crippen LogP contribution in [-0.2, 0) is 14.3 Å². The summed E-state index contributed by atoms with van der Waals surface area (Å²) < 4.78 is 27.5.